The summed E-state index contributed by atoms with van der Waals surface area (Å²) in [4.78, 5) is 9.19. The quantitative estimate of drug-likeness (QED) is 0.833. The van der Waals surface area contributed by atoms with E-state index in [1.807, 2.05) is 6.20 Å². The van der Waals surface area contributed by atoms with Crippen LogP contribution in [0, 0.1) is 0 Å². The highest BCUT2D eigenvalue weighted by atomic mass is 16.5. The number of ether oxygens (including phenoxy) is 1. The van der Waals surface area contributed by atoms with Gasteiger partial charge in [0.25, 0.3) is 0 Å². The molecule has 0 radical (unpaired) electrons. The Bertz CT molecular complexity index is 757. The maximum atomic E-state index is 5.47. The van der Waals surface area contributed by atoms with Crippen LogP contribution in [0.1, 0.15) is 38.0 Å². The molecule has 2 aliphatic rings. The number of fused-ring (bicyclic) bond motifs is 1. The average molecular weight is 356 g/mol. The van der Waals surface area contributed by atoms with Gasteiger partial charge in [-0.2, -0.15) is 5.10 Å². The molecule has 7 nitrogen and oxygen atoms in total. The highest BCUT2D eigenvalue weighted by molar-refractivity contribution is 5.42. The number of aromatic nitrogens is 4. The van der Waals surface area contributed by atoms with E-state index in [4.69, 9.17) is 4.74 Å². The third-order valence-electron chi connectivity index (χ3n) is 5.35. The number of hydrogen-bond donors (Lipinski definition) is 0. The van der Waals surface area contributed by atoms with Gasteiger partial charge in [0.05, 0.1) is 18.0 Å². The van der Waals surface area contributed by atoms with Crippen LogP contribution in [-0.2, 0) is 29.8 Å². The fourth-order valence-electron chi connectivity index (χ4n) is 3.49. The molecule has 1 saturated heterocycles. The Morgan fingerprint density at radius 2 is 2.04 bits per heavy atom. The van der Waals surface area contributed by atoms with Crippen molar-refractivity contribution in [2.45, 2.75) is 51.9 Å². The number of rotatable bonds is 4. The van der Waals surface area contributed by atoms with E-state index in [-0.39, 0.29) is 5.41 Å². The lowest BCUT2D eigenvalue weighted by atomic mass is 9.92. The number of likely N-dealkylation sites (N-methyl/N-ethyl adjacent to an activating group) is 1. The predicted octanol–water partition coefficient (Wildman–Crippen LogP) is 1.82. The molecule has 140 valence electrons. The Morgan fingerprint density at radius 1 is 1.23 bits per heavy atom. The molecule has 0 amide bonds. The molecule has 0 saturated carbocycles. The van der Waals surface area contributed by atoms with Crippen molar-refractivity contribution >= 4 is 5.82 Å². The summed E-state index contributed by atoms with van der Waals surface area (Å²) in [5, 5.41) is 8.83. The zero-order chi connectivity index (χ0) is 18.3. The fourth-order valence-corrected chi connectivity index (χ4v) is 3.49. The molecule has 0 unspecified atom stereocenters. The molecular weight excluding hydrogens is 328 g/mol. The number of anilines is 1. The van der Waals surface area contributed by atoms with Gasteiger partial charge in [-0.25, -0.2) is 4.98 Å². The minimum absolute atomic E-state index is 0.0403. The topological polar surface area (TPSA) is 59.3 Å². The molecule has 0 atom stereocenters. The van der Waals surface area contributed by atoms with Gasteiger partial charge in [-0.05, 0) is 19.2 Å². The molecular formula is C19H28N6O. The third kappa shape index (κ3) is 3.33. The Morgan fingerprint density at radius 3 is 2.73 bits per heavy atom. The lowest BCUT2D eigenvalue weighted by Gasteiger charge is -2.44. The predicted molar refractivity (Wildman–Crippen MR) is 100 cm³/mol. The van der Waals surface area contributed by atoms with Gasteiger partial charge in [0, 0.05) is 43.8 Å². The lowest BCUT2D eigenvalue weighted by Crippen LogP contribution is -2.58. The third-order valence-corrected chi connectivity index (χ3v) is 5.35. The number of imidazole rings is 1. The molecule has 2 aromatic rings. The smallest absolute Gasteiger partial charge is 0.151 e. The largest absolute Gasteiger partial charge is 0.372 e. The Kier molecular flexibility index (Phi) is 4.44. The fraction of sp³-hybridized carbons (Fsp3) is 0.632. The van der Waals surface area contributed by atoms with Crippen molar-refractivity contribution in [1.29, 1.82) is 0 Å². The molecule has 1 fully saturated rings. The second-order valence-electron chi connectivity index (χ2n) is 8.37. The van der Waals surface area contributed by atoms with E-state index in [9.17, 15) is 0 Å². The van der Waals surface area contributed by atoms with Gasteiger partial charge in [0.15, 0.2) is 5.82 Å². The first kappa shape index (κ1) is 17.4. The summed E-state index contributed by atoms with van der Waals surface area (Å²) in [5.41, 5.74) is 2.35. The molecule has 0 bridgehead atoms. The van der Waals surface area contributed by atoms with Gasteiger partial charge in [-0.15, -0.1) is 5.10 Å². The summed E-state index contributed by atoms with van der Waals surface area (Å²) in [6, 6.07) is 4.72. The van der Waals surface area contributed by atoms with E-state index in [0.717, 1.165) is 50.1 Å². The van der Waals surface area contributed by atoms with Crippen molar-refractivity contribution in [3.8, 4) is 0 Å². The van der Waals surface area contributed by atoms with E-state index in [1.54, 1.807) is 0 Å². The Labute approximate surface area is 155 Å². The van der Waals surface area contributed by atoms with Gasteiger partial charge in [0.1, 0.15) is 12.4 Å². The van der Waals surface area contributed by atoms with Crippen LogP contribution in [0.4, 0.5) is 5.82 Å². The van der Waals surface area contributed by atoms with E-state index in [0.29, 0.717) is 12.6 Å². The first-order chi connectivity index (χ1) is 12.4. The molecule has 4 rings (SSSR count). The first-order valence-corrected chi connectivity index (χ1v) is 9.32. The van der Waals surface area contributed by atoms with Crippen LogP contribution >= 0.6 is 0 Å². The molecule has 26 heavy (non-hydrogen) atoms. The zero-order valence-electron chi connectivity index (χ0n) is 16.1. The summed E-state index contributed by atoms with van der Waals surface area (Å²) in [6.07, 6.45) is 1.99. The molecule has 2 aromatic heterocycles. The van der Waals surface area contributed by atoms with Crippen LogP contribution in [-0.4, -0.2) is 57.4 Å². The maximum Gasteiger partial charge on any atom is 0.151 e. The molecule has 0 aliphatic carbocycles. The monoisotopic (exact) mass is 356 g/mol. The normalized spacial score (nSPS) is 18.1. The van der Waals surface area contributed by atoms with Gasteiger partial charge >= 0.3 is 0 Å². The highest BCUT2D eigenvalue weighted by Gasteiger charge is 2.32. The molecule has 4 heterocycles. The van der Waals surface area contributed by atoms with E-state index in [1.165, 1.54) is 5.69 Å². The van der Waals surface area contributed by atoms with Crippen LogP contribution in [0.3, 0.4) is 0 Å². The maximum absolute atomic E-state index is 5.47. The van der Waals surface area contributed by atoms with Crippen LogP contribution in [0.25, 0.3) is 0 Å². The number of nitrogens with zero attached hydrogens (tertiary/aromatic N) is 6. The summed E-state index contributed by atoms with van der Waals surface area (Å²) < 4.78 is 7.77. The highest BCUT2D eigenvalue weighted by Crippen LogP contribution is 2.25. The zero-order valence-corrected chi connectivity index (χ0v) is 16.1. The van der Waals surface area contributed by atoms with Crippen LogP contribution < -0.4 is 4.90 Å². The van der Waals surface area contributed by atoms with Crippen molar-refractivity contribution in [2.24, 2.45) is 0 Å². The molecule has 7 heteroatoms. The van der Waals surface area contributed by atoms with Crippen LogP contribution in [0.2, 0.25) is 0 Å². The standard InChI is InChI=1S/C19H28N6O/c1-19(2,3)16-5-6-17(22-21-16)24-11-15(12-24)23(4)10-14-9-20-18-13-26-8-7-25(14)18/h5-6,9,15H,7-8,10-13H2,1-4H3. The Balaban J connectivity index is 1.33. The second-order valence-corrected chi connectivity index (χ2v) is 8.37. The van der Waals surface area contributed by atoms with Crippen molar-refractivity contribution in [2.75, 3.05) is 31.6 Å². The first-order valence-electron chi connectivity index (χ1n) is 9.32. The summed E-state index contributed by atoms with van der Waals surface area (Å²) in [7, 11) is 2.19. The van der Waals surface area contributed by atoms with Gasteiger partial charge in [0.2, 0.25) is 0 Å². The molecule has 2 aliphatic heterocycles. The number of hydrogen-bond acceptors (Lipinski definition) is 6. The minimum atomic E-state index is 0.0403. The average Bonchev–Trinajstić information content (AvgIpc) is 2.96. The lowest BCUT2D eigenvalue weighted by molar-refractivity contribution is 0.0791. The van der Waals surface area contributed by atoms with Crippen molar-refractivity contribution < 1.29 is 4.74 Å². The van der Waals surface area contributed by atoms with E-state index >= 15 is 0 Å². The minimum Gasteiger partial charge on any atom is -0.372 e. The van der Waals surface area contributed by atoms with Crippen molar-refractivity contribution in [3.05, 3.63) is 35.5 Å². The second kappa shape index (κ2) is 6.63. The van der Waals surface area contributed by atoms with Crippen LogP contribution in [0.5, 0.6) is 0 Å². The van der Waals surface area contributed by atoms with Crippen molar-refractivity contribution in [1.82, 2.24) is 24.6 Å². The van der Waals surface area contributed by atoms with Crippen molar-refractivity contribution in [3.63, 3.8) is 0 Å². The van der Waals surface area contributed by atoms with E-state index in [2.05, 4.69) is 69.5 Å². The molecule has 0 N–H and O–H groups in total. The van der Waals surface area contributed by atoms with E-state index < -0.39 is 0 Å². The van der Waals surface area contributed by atoms with Gasteiger partial charge < -0.3 is 14.2 Å². The summed E-state index contributed by atoms with van der Waals surface area (Å²) in [6.45, 7) is 11.7. The van der Waals surface area contributed by atoms with Crippen LogP contribution in [0.15, 0.2) is 18.3 Å². The molecule has 0 aromatic carbocycles. The summed E-state index contributed by atoms with van der Waals surface area (Å²) >= 11 is 0. The Hall–Kier alpha value is -1.99. The SMILES string of the molecule is CN(Cc1cnc2n1CCOC2)C1CN(c2ccc(C(C)(C)C)nn2)C1. The summed E-state index contributed by atoms with van der Waals surface area (Å²) in [5.74, 6) is 2.02. The van der Waals surface area contributed by atoms with Gasteiger partial charge in [-0.1, -0.05) is 20.8 Å². The van der Waals surface area contributed by atoms with Gasteiger partial charge in [-0.3, -0.25) is 4.90 Å². The molecule has 0 spiro atoms.